The average Bonchev–Trinajstić information content (AvgIpc) is 2.99. The summed E-state index contributed by atoms with van der Waals surface area (Å²) < 4.78 is 35.4. The molecule has 0 unspecified atom stereocenters. The van der Waals surface area contributed by atoms with Crippen molar-refractivity contribution in [2.75, 3.05) is 32.8 Å². The van der Waals surface area contributed by atoms with Crippen molar-refractivity contribution < 1.29 is 63.2 Å². The van der Waals surface area contributed by atoms with Crippen LogP contribution in [0.25, 0.3) is 0 Å². The third-order valence-corrected chi connectivity index (χ3v) is 10.1. The molecule has 3 aliphatic heterocycles. The lowest BCUT2D eigenvalue weighted by atomic mass is 9.82. The molecule has 0 radical (unpaired) electrons. The Hall–Kier alpha value is -2.77. The normalized spacial score (nSPS) is 34.4. The van der Waals surface area contributed by atoms with Gasteiger partial charge in [0.05, 0.1) is 43.9 Å². The third kappa shape index (κ3) is 11.4. The highest BCUT2D eigenvalue weighted by molar-refractivity contribution is 5.89. The van der Waals surface area contributed by atoms with Gasteiger partial charge >= 0.3 is 12.2 Å². The number of nitrogens with one attached hydrogen (secondary N) is 3. The molecule has 5 aliphatic rings. The van der Waals surface area contributed by atoms with Crippen molar-refractivity contribution in [3.8, 4) is 0 Å². The fourth-order valence-electron chi connectivity index (χ4n) is 7.18. The van der Waals surface area contributed by atoms with E-state index in [4.69, 9.17) is 28.4 Å². The van der Waals surface area contributed by atoms with Crippen molar-refractivity contribution in [2.45, 2.75) is 165 Å². The fraction of sp³-hybridized carbons (Fsp3) is 0.865. The first kappa shape index (κ1) is 42.4. The summed E-state index contributed by atoms with van der Waals surface area (Å²) in [6.45, 7) is 12.3. The molecule has 308 valence electrons. The van der Waals surface area contributed by atoms with Crippen molar-refractivity contribution in [1.29, 1.82) is 0 Å². The molecular formula is C37H62N4O13. The van der Waals surface area contributed by atoms with Gasteiger partial charge in [-0.25, -0.2) is 9.59 Å². The van der Waals surface area contributed by atoms with E-state index >= 15 is 0 Å². The molecule has 4 fully saturated rings. The first-order valence-electron chi connectivity index (χ1n) is 19.2. The van der Waals surface area contributed by atoms with Crippen LogP contribution in [0.4, 0.5) is 9.59 Å². The molecule has 2 saturated carbocycles. The molecule has 0 aromatic rings. The molecule has 2 saturated heterocycles. The lowest BCUT2D eigenvalue weighted by Gasteiger charge is -2.49. The molecule has 0 aromatic carbocycles. The molecule has 0 bridgehead atoms. The Morgan fingerprint density at radius 2 is 1.59 bits per heavy atom. The van der Waals surface area contributed by atoms with E-state index in [-0.39, 0.29) is 32.5 Å². The van der Waals surface area contributed by atoms with Crippen LogP contribution in [0.5, 0.6) is 0 Å². The van der Waals surface area contributed by atoms with Gasteiger partial charge in [0, 0.05) is 12.8 Å². The number of carbonyl (C=O) groups is 3. The summed E-state index contributed by atoms with van der Waals surface area (Å²) >= 11 is 0. The Balaban J connectivity index is 1.35. The monoisotopic (exact) mass is 770 g/mol. The second kappa shape index (κ2) is 16.8. The average molecular weight is 771 g/mol. The number of allylic oxidation sites excluding steroid dienone is 1. The van der Waals surface area contributed by atoms with E-state index < -0.39 is 89.6 Å². The molecule has 54 heavy (non-hydrogen) atoms. The predicted molar refractivity (Wildman–Crippen MR) is 192 cm³/mol. The highest BCUT2D eigenvalue weighted by Crippen LogP contribution is 2.34. The highest BCUT2D eigenvalue weighted by atomic mass is 16.7. The molecule has 17 heteroatoms. The SMILES string of the molecule is CC(C)(C)OC(=O)N[C@H]1C[C@@H](NC(=O)C2(O)CN(C(=O)OC(C)(C)C)C2)[C@H](O[C@H]2OC[C@](C)(O)C[C@H]2O)[C@@H](O)[C@@H]1O[C@@H]1CCC=C(CNCC2CCC2)O1. The molecule has 0 spiro atoms. The molecule has 3 amide bonds. The first-order valence-corrected chi connectivity index (χ1v) is 19.2. The number of nitrogens with zero attached hydrogens (tertiary/aromatic N) is 1. The number of ether oxygens (including phenoxy) is 6. The van der Waals surface area contributed by atoms with Crippen LogP contribution in [0, 0.1) is 5.92 Å². The van der Waals surface area contributed by atoms with Crippen LogP contribution < -0.4 is 16.0 Å². The molecule has 0 aromatic heterocycles. The van der Waals surface area contributed by atoms with Gasteiger partial charge in [-0.15, -0.1) is 0 Å². The number of aliphatic hydroxyl groups excluding tert-OH is 2. The second-order valence-corrected chi connectivity index (χ2v) is 17.8. The lowest BCUT2D eigenvalue weighted by Crippen LogP contribution is -2.73. The Bertz CT molecular complexity index is 1350. The van der Waals surface area contributed by atoms with Gasteiger partial charge in [0.25, 0.3) is 5.91 Å². The van der Waals surface area contributed by atoms with Gasteiger partial charge in [0.15, 0.2) is 18.2 Å². The number of β-amino-alcohol motifs (C(OH)–C–C–N with tert-alkyl or cyclic N) is 1. The number of hydrogen-bond acceptors (Lipinski definition) is 14. The smallest absolute Gasteiger partial charge is 0.410 e. The van der Waals surface area contributed by atoms with E-state index in [2.05, 4.69) is 16.0 Å². The van der Waals surface area contributed by atoms with Gasteiger partial charge in [-0.3, -0.25) is 4.79 Å². The van der Waals surface area contributed by atoms with Crippen LogP contribution in [0.1, 0.15) is 93.4 Å². The van der Waals surface area contributed by atoms with Crippen LogP contribution in [-0.2, 0) is 33.2 Å². The zero-order valence-corrected chi connectivity index (χ0v) is 32.7. The van der Waals surface area contributed by atoms with E-state index in [9.17, 15) is 34.8 Å². The summed E-state index contributed by atoms with van der Waals surface area (Å²) in [6.07, 6.45) is -2.32. The summed E-state index contributed by atoms with van der Waals surface area (Å²) in [7, 11) is 0. The number of likely N-dealkylation sites (tertiary alicyclic amines) is 1. The molecular weight excluding hydrogens is 708 g/mol. The number of aliphatic hydroxyl groups is 4. The summed E-state index contributed by atoms with van der Waals surface area (Å²) in [5, 5.41) is 53.7. The Morgan fingerprint density at radius 3 is 2.20 bits per heavy atom. The van der Waals surface area contributed by atoms with Crippen molar-refractivity contribution >= 4 is 18.1 Å². The molecule has 3 heterocycles. The molecule has 7 N–H and O–H groups in total. The molecule has 9 atom stereocenters. The Kier molecular flexibility index (Phi) is 13.2. The predicted octanol–water partition coefficient (Wildman–Crippen LogP) is 1.15. The van der Waals surface area contributed by atoms with Gasteiger partial charge in [-0.1, -0.05) is 6.42 Å². The van der Waals surface area contributed by atoms with Crippen molar-refractivity contribution in [2.24, 2.45) is 5.92 Å². The van der Waals surface area contributed by atoms with E-state index in [0.29, 0.717) is 31.1 Å². The number of hydrogen-bond donors (Lipinski definition) is 7. The summed E-state index contributed by atoms with van der Waals surface area (Å²) in [4.78, 5) is 40.6. The number of amides is 3. The summed E-state index contributed by atoms with van der Waals surface area (Å²) in [5.74, 6) is 0.511. The number of rotatable bonds is 11. The Labute approximate surface area is 317 Å². The van der Waals surface area contributed by atoms with E-state index in [0.717, 1.165) is 6.54 Å². The maximum absolute atomic E-state index is 13.7. The fourth-order valence-corrected chi connectivity index (χ4v) is 7.18. The van der Waals surface area contributed by atoms with Gasteiger partial charge in [0.1, 0.15) is 41.4 Å². The lowest BCUT2D eigenvalue weighted by molar-refractivity contribution is -0.297. The topological polar surface area (TPSA) is 227 Å². The van der Waals surface area contributed by atoms with Crippen molar-refractivity contribution in [3.05, 3.63) is 11.8 Å². The molecule has 5 rings (SSSR count). The number of alkyl carbamates (subject to hydrolysis) is 1. The van der Waals surface area contributed by atoms with Crippen molar-refractivity contribution in [1.82, 2.24) is 20.9 Å². The minimum absolute atomic E-state index is 0.0812. The minimum Gasteiger partial charge on any atom is -0.468 e. The van der Waals surface area contributed by atoms with E-state index in [1.54, 1.807) is 41.5 Å². The number of carbonyl (C=O) groups excluding carboxylic acids is 3. The standard InChI is InChI=1S/C37H62N4O13/c1-34(2,3)53-32(45)40-24-14-23(39-31(44)37(48)18-41(19-37)33(46)54-35(4,5)6)29(52-30-25(42)15-36(7,47)20-49-30)27(43)28(24)51-26-13-9-12-22(50-26)17-38-16-21-10-8-11-21/h12,21,23-30,38,42-43,47-48H,8-11,13-20H2,1-7H3,(H,39,44)(H,40,45)/t23-,24+,25-,26-,27+,28-,29+,30-,36-/m1/s1. The largest absolute Gasteiger partial charge is 0.468 e. The maximum atomic E-state index is 13.7. The summed E-state index contributed by atoms with van der Waals surface area (Å²) in [6, 6.07) is -2.06. The molecule has 2 aliphatic carbocycles. The summed E-state index contributed by atoms with van der Waals surface area (Å²) in [5.41, 5.74) is -4.94. The van der Waals surface area contributed by atoms with Crippen LogP contribution in [0.3, 0.4) is 0 Å². The first-order chi connectivity index (χ1) is 25.1. The second-order valence-electron chi connectivity index (χ2n) is 17.8. The Morgan fingerprint density at radius 1 is 0.944 bits per heavy atom. The maximum Gasteiger partial charge on any atom is 0.410 e. The van der Waals surface area contributed by atoms with E-state index in [1.165, 1.54) is 31.1 Å². The van der Waals surface area contributed by atoms with E-state index in [1.807, 2.05) is 6.08 Å². The third-order valence-electron chi connectivity index (χ3n) is 10.1. The quantitative estimate of drug-likeness (QED) is 0.157. The zero-order valence-electron chi connectivity index (χ0n) is 32.7. The van der Waals surface area contributed by atoms with Crippen LogP contribution in [0.15, 0.2) is 11.8 Å². The minimum atomic E-state index is -1.99. The molecule has 17 nitrogen and oxygen atoms in total. The van der Waals surface area contributed by atoms with Gasteiger partial charge in [0.2, 0.25) is 0 Å². The van der Waals surface area contributed by atoms with Gasteiger partial charge in [-0.2, -0.15) is 0 Å². The van der Waals surface area contributed by atoms with Gasteiger partial charge in [-0.05, 0) is 92.7 Å². The highest BCUT2D eigenvalue weighted by Gasteiger charge is 2.55. The van der Waals surface area contributed by atoms with Gasteiger partial charge < -0.3 is 69.7 Å². The van der Waals surface area contributed by atoms with Crippen LogP contribution >= 0.6 is 0 Å². The zero-order chi connectivity index (χ0) is 39.6. The van der Waals surface area contributed by atoms with Crippen molar-refractivity contribution in [3.63, 3.8) is 0 Å². The van der Waals surface area contributed by atoms with Crippen LogP contribution in [-0.4, -0.2) is 148 Å². The van der Waals surface area contributed by atoms with Crippen LogP contribution in [0.2, 0.25) is 0 Å².